The first-order valence-electron chi connectivity index (χ1n) is 20.1. The molecule has 10 rings (SSSR count). The zero-order valence-corrected chi connectivity index (χ0v) is 33.1. The molecule has 2 aromatic heterocycles. The van der Waals surface area contributed by atoms with Crippen LogP contribution in [-0.4, -0.2) is 37.4 Å². The van der Waals surface area contributed by atoms with Crippen molar-refractivity contribution in [3.8, 4) is 11.5 Å². The van der Waals surface area contributed by atoms with Crippen LogP contribution in [0.1, 0.15) is 33.4 Å². The van der Waals surface area contributed by atoms with Crippen LogP contribution in [0.3, 0.4) is 0 Å². The maximum Gasteiger partial charge on any atom is 0.153 e. The van der Waals surface area contributed by atoms with Crippen molar-refractivity contribution in [2.75, 3.05) is 47.0 Å². The maximum absolute atomic E-state index is 7.02. The van der Waals surface area contributed by atoms with Crippen molar-refractivity contribution in [2.45, 2.75) is 11.1 Å². The Bertz CT molecular complexity index is 2440. The van der Waals surface area contributed by atoms with E-state index in [4.69, 9.17) is 14.7 Å². The molecular weight excluding hydrogens is 725 g/mol. The van der Waals surface area contributed by atoms with E-state index in [1.807, 2.05) is 24.5 Å². The van der Waals surface area contributed by atoms with Gasteiger partial charge in [-0.25, -0.2) is 9.97 Å². The van der Waals surface area contributed by atoms with Crippen LogP contribution in [0.25, 0.3) is 0 Å². The van der Waals surface area contributed by atoms with Crippen molar-refractivity contribution in [2.24, 2.45) is 0 Å². The largest absolute Gasteiger partial charge is 0.457 e. The van der Waals surface area contributed by atoms with Crippen LogP contribution in [0.4, 0.5) is 23.0 Å². The molecule has 7 nitrogen and oxygen atoms in total. The normalized spacial score (nSPS) is 13.7. The summed E-state index contributed by atoms with van der Waals surface area (Å²) in [6, 6.07) is 68.8. The molecule has 2 aliphatic heterocycles. The van der Waals surface area contributed by atoms with Crippen LogP contribution in [-0.2, 0) is 11.1 Å². The Labute approximate surface area is 346 Å². The Balaban J connectivity index is 1.13. The number of benzene rings is 6. The summed E-state index contributed by atoms with van der Waals surface area (Å²) in [7, 11) is 4.22. The molecule has 0 fully saturated rings. The highest BCUT2D eigenvalue weighted by Crippen LogP contribution is 2.52. The summed E-state index contributed by atoms with van der Waals surface area (Å²) in [4.78, 5) is 19.1. The fourth-order valence-corrected chi connectivity index (χ4v) is 9.43. The summed E-state index contributed by atoms with van der Waals surface area (Å²) in [5, 5.41) is 0. The van der Waals surface area contributed by atoms with Gasteiger partial charge in [-0.1, -0.05) is 146 Å². The molecule has 4 heterocycles. The third kappa shape index (κ3) is 5.88. The minimum atomic E-state index is -0.717. The van der Waals surface area contributed by atoms with Crippen molar-refractivity contribution in [3.63, 3.8) is 0 Å². The fourth-order valence-electron chi connectivity index (χ4n) is 9.43. The smallest absolute Gasteiger partial charge is 0.153 e. The number of rotatable bonds is 10. The number of nitrogens with zero attached hydrogens (tertiary/aromatic N) is 6. The van der Waals surface area contributed by atoms with Gasteiger partial charge in [0.15, 0.2) is 11.6 Å². The van der Waals surface area contributed by atoms with Gasteiger partial charge in [0.25, 0.3) is 0 Å². The summed E-state index contributed by atoms with van der Waals surface area (Å²) in [5.74, 6) is 3.40. The predicted octanol–water partition coefficient (Wildman–Crippen LogP) is 10.7. The average molecular weight is 769 g/mol. The topological polar surface area (TPSA) is 48.0 Å². The second-order valence-corrected chi connectivity index (χ2v) is 15.3. The van der Waals surface area contributed by atoms with Gasteiger partial charge in [-0.3, -0.25) is 0 Å². The van der Waals surface area contributed by atoms with Gasteiger partial charge in [-0.15, -0.1) is 0 Å². The van der Waals surface area contributed by atoms with Gasteiger partial charge in [0.2, 0.25) is 0 Å². The minimum absolute atomic E-state index is 0.647. The van der Waals surface area contributed by atoms with Crippen LogP contribution in [0.5, 0.6) is 11.5 Å². The summed E-state index contributed by atoms with van der Waals surface area (Å²) in [5.41, 5.74) is 7.48. The first kappa shape index (κ1) is 36.0. The Morgan fingerprint density at radius 1 is 0.390 bits per heavy atom. The minimum Gasteiger partial charge on any atom is -0.457 e. The van der Waals surface area contributed by atoms with Crippen LogP contribution < -0.4 is 24.3 Å². The predicted molar refractivity (Wildman–Crippen MR) is 238 cm³/mol. The second kappa shape index (κ2) is 14.8. The molecule has 0 aliphatic carbocycles. The lowest BCUT2D eigenvalue weighted by molar-refractivity contribution is 0.475. The third-order valence-corrected chi connectivity index (χ3v) is 11.9. The number of pyridine rings is 2. The molecule has 0 atom stereocenters. The van der Waals surface area contributed by atoms with E-state index in [0.717, 1.165) is 67.9 Å². The average Bonchev–Trinajstić information content (AvgIpc) is 3.82. The summed E-state index contributed by atoms with van der Waals surface area (Å²) < 4.78 is 7.02. The molecule has 0 radical (unpaired) electrons. The second-order valence-electron chi connectivity index (χ2n) is 15.3. The molecule has 0 bridgehead atoms. The van der Waals surface area contributed by atoms with Crippen molar-refractivity contribution < 1.29 is 4.74 Å². The van der Waals surface area contributed by atoms with Gasteiger partial charge in [-0.2, -0.15) is 0 Å². The fraction of sp³-hybridized carbons (Fsp3) is 0.115. The lowest BCUT2D eigenvalue weighted by Crippen LogP contribution is -2.49. The van der Waals surface area contributed by atoms with Crippen molar-refractivity contribution in [3.05, 3.63) is 240 Å². The first-order chi connectivity index (χ1) is 29.1. The Hall–Kier alpha value is -7.38. The van der Waals surface area contributed by atoms with Gasteiger partial charge in [0.1, 0.15) is 22.6 Å². The van der Waals surface area contributed by atoms with Crippen molar-refractivity contribution in [1.82, 2.24) is 9.97 Å². The molecule has 8 aromatic rings. The van der Waals surface area contributed by atoms with Crippen LogP contribution in [0, 0.1) is 0 Å². The quantitative estimate of drug-likeness (QED) is 0.128. The molecule has 0 amide bonds. The van der Waals surface area contributed by atoms with E-state index in [1.165, 1.54) is 0 Å². The monoisotopic (exact) mass is 768 g/mol. The molecule has 6 aromatic carbocycles. The molecule has 2 aliphatic rings. The van der Waals surface area contributed by atoms with Crippen LogP contribution in [0.15, 0.2) is 207 Å². The molecule has 0 unspecified atom stereocenters. The van der Waals surface area contributed by atoms with Crippen LogP contribution in [0.2, 0.25) is 0 Å². The molecule has 0 saturated carbocycles. The van der Waals surface area contributed by atoms with E-state index in [2.05, 4.69) is 216 Å². The number of ether oxygens (including phenoxy) is 1. The molecule has 7 heteroatoms. The van der Waals surface area contributed by atoms with Gasteiger partial charge in [-0.05, 0) is 81.9 Å². The summed E-state index contributed by atoms with van der Waals surface area (Å²) in [6.07, 6.45) is 3.74. The number of fused-ring (bicyclic) bond motifs is 2. The van der Waals surface area contributed by atoms with Gasteiger partial charge < -0.3 is 24.3 Å². The van der Waals surface area contributed by atoms with E-state index in [9.17, 15) is 0 Å². The molecule has 288 valence electrons. The number of hydrogen-bond acceptors (Lipinski definition) is 7. The SMILES string of the molecule is CN1CN(C(c2ccccc2)(c2ccccc2)c2cccc(Oc3cccc(C(c4ccccc4)(c4ccccc4)N4CN(C)c5ncccc54)c3)c2)c2cccnc21. The lowest BCUT2D eigenvalue weighted by atomic mass is 9.75. The van der Waals surface area contributed by atoms with Crippen molar-refractivity contribution >= 4 is 23.0 Å². The molecule has 0 spiro atoms. The maximum atomic E-state index is 7.02. The van der Waals surface area contributed by atoms with E-state index in [-0.39, 0.29) is 0 Å². The third-order valence-electron chi connectivity index (χ3n) is 11.9. The number of hydrogen-bond donors (Lipinski definition) is 0. The number of aromatic nitrogens is 2. The molecule has 0 N–H and O–H groups in total. The summed E-state index contributed by atoms with van der Waals surface area (Å²) in [6.45, 7) is 1.29. The highest BCUT2D eigenvalue weighted by molar-refractivity contribution is 5.78. The van der Waals surface area contributed by atoms with E-state index >= 15 is 0 Å². The molecule has 0 saturated heterocycles. The highest BCUT2D eigenvalue weighted by atomic mass is 16.5. The highest BCUT2D eigenvalue weighted by Gasteiger charge is 2.48. The van der Waals surface area contributed by atoms with E-state index in [1.54, 1.807) is 0 Å². The summed E-state index contributed by atoms with van der Waals surface area (Å²) >= 11 is 0. The van der Waals surface area contributed by atoms with E-state index < -0.39 is 11.1 Å². The standard InChI is InChI=1S/C52H44N6O/c1-55-37-57(47-31-17-33-53-49(47)55)51(39-19-7-3-8-20-39,40-21-9-4-10-22-40)43-27-15-29-45(35-43)59-46-30-16-28-44(36-46)52(41-23-11-5-12-24-41,42-25-13-6-14-26-42)58-38-56(2)50-48(58)32-18-34-54-50/h3-36H,37-38H2,1-2H3. The zero-order chi connectivity index (χ0) is 39.8. The molecular formula is C52H44N6O. The van der Waals surface area contributed by atoms with E-state index in [0.29, 0.717) is 13.3 Å². The Morgan fingerprint density at radius 3 is 1.08 bits per heavy atom. The Morgan fingerprint density at radius 2 is 0.729 bits per heavy atom. The number of anilines is 4. The van der Waals surface area contributed by atoms with Gasteiger partial charge in [0, 0.05) is 26.5 Å². The Kier molecular flexibility index (Phi) is 9.06. The lowest BCUT2D eigenvalue weighted by Gasteiger charge is -2.45. The first-order valence-corrected chi connectivity index (χ1v) is 20.1. The zero-order valence-electron chi connectivity index (χ0n) is 33.1. The van der Waals surface area contributed by atoms with Crippen molar-refractivity contribution in [1.29, 1.82) is 0 Å². The van der Waals surface area contributed by atoms with Gasteiger partial charge in [0.05, 0.1) is 24.7 Å². The van der Waals surface area contributed by atoms with Crippen LogP contribution >= 0.6 is 0 Å². The molecule has 59 heavy (non-hydrogen) atoms. The van der Waals surface area contributed by atoms with Gasteiger partial charge >= 0.3 is 0 Å².